The molecule has 152 valence electrons. The van der Waals surface area contributed by atoms with Gasteiger partial charge in [-0.2, -0.15) is 5.10 Å². The van der Waals surface area contributed by atoms with Gasteiger partial charge in [-0.25, -0.2) is 26.6 Å². The third kappa shape index (κ3) is 4.14. The van der Waals surface area contributed by atoms with Gasteiger partial charge in [0.1, 0.15) is 16.5 Å². The Morgan fingerprint density at radius 2 is 1.57 bits per heavy atom. The van der Waals surface area contributed by atoms with Gasteiger partial charge in [-0.15, -0.1) is 0 Å². The highest BCUT2D eigenvalue weighted by Gasteiger charge is 2.21. The highest BCUT2D eigenvalue weighted by atomic mass is 32.2. The second-order valence-electron chi connectivity index (χ2n) is 6.55. The third-order valence-corrected chi connectivity index (χ3v) is 5.93. The van der Waals surface area contributed by atoms with Crippen LogP contribution in [0.15, 0.2) is 90.0 Å². The Balaban J connectivity index is 1.68. The maximum atomic E-state index is 14.0. The Bertz CT molecular complexity index is 1270. The molecule has 3 aromatic carbocycles. The summed E-state index contributed by atoms with van der Waals surface area (Å²) in [6.07, 6.45) is 1.72. The van der Waals surface area contributed by atoms with Crippen LogP contribution < -0.4 is 4.72 Å². The number of para-hydroxylation sites is 1. The Hall–Kier alpha value is -3.36. The van der Waals surface area contributed by atoms with Crippen LogP contribution in [0.4, 0.5) is 8.78 Å². The van der Waals surface area contributed by atoms with E-state index in [2.05, 4.69) is 9.82 Å². The highest BCUT2D eigenvalue weighted by Crippen LogP contribution is 2.24. The molecule has 0 saturated heterocycles. The predicted molar refractivity (Wildman–Crippen MR) is 109 cm³/mol. The largest absolute Gasteiger partial charge is 0.243 e. The summed E-state index contributed by atoms with van der Waals surface area (Å²) in [5.41, 5.74) is 2.83. The van der Waals surface area contributed by atoms with Gasteiger partial charge in [0.05, 0.1) is 11.4 Å². The zero-order valence-electron chi connectivity index (χ0n) is 15.7. The quantitative estimate of drug-likeness (QED) is 0.501. The molecule has 30 heavy (non-hydrogen) atoms. The number of sulfonamides is 1. The Kier molecular flexibility index (Phi) is 5.43. The van der Waals surface area contributed by atoms with Crippen LogP contribution in [0.25, 0.3) is 16.9 Å². The highest BCUT2D eigenvalue weighted by molar-refractivity contribution is 7.89. The fourth-order valence-electron chi connectivity index (χ4n) is 3.03. The van der Waals surface area contributed by atoms with Crippen molar-refractivity contribution in [1.29, 1.82) is 0 Å². The van der Waals surface area contributed by atoms with Crippen LogP contribution in [0, 0.1) is 11.6 Å². The fraction of sp³-hybridized carbons (Fsp3) is 0.0455. The number of rotatable bonds is 6. The van der Waals surface area contributed by atoms with E-state index in [4.69, 9.17) is 0 Å². The molecule has 5 nitrogen and oxygen atoms in total. The second-order valence-corrected chi connectivity index (χ2v) is 8.28. The zero-order valence-corrected chi connectivity index (χ0v) is 16.5. The summed E-state index contributed by atoms with van der Waals surface area (Å²) >= 11 is 0. The molecule has 0 spiro atoms. The van der Waals surface area contributed by atoms with Gasteiger partial charge in [-0.3, -0.25) is 0 Å². The number of aromatic nitrogens is 2. The van der Waals surface area contributed by atoms with Crippen LogP contribution >= 0.6 is 0 Å². The summed E-state index contributed by atoms with van der Waals surface area (Å²) in [4.78, 5) is -0.611. The van der Waals surface area contributed by atoms with Gasteiger partial charge in [0.15, 0.2) is 0 Å². The van der Waals surface area contributed by atoms with Gasteiger partial charge < -0.3 is 0 Å². The van der Waals surface area contributed by atoms with Crippen molar-refractivity contribution in [1.82, 2.24) is 14.5 Å². The molecule has 1 heterocycles. The number of benzene rings is 3. The Morgan fingerprint density at radius 1 is 0.900 bits per heavy atom. The molecule has 0 aliphatic heterocycles. The van der Waals surface area contributed by atoms with Crippen molar-refractivity contribution in [2.75, 3.05) is 0 Å². The van der Waals surface area contributed by atoms with Gasteiger partial charge in [-0.1, -0.05) is 48.5 Å². The minimum absolute atomic E-state index is 0.115. The zero-order chi connectivity index (χ0) is 21.1. The summed E-state index contributed by atoms with van der Waals surface area (Å²) in [5, 5.41) is 4.61. The van der Waals surface area contributed by atoms with Gasteiger partial charge in [0.2, 0.25) is 10.0 Å². The van der Waals surface area contributed by atoms with Crippen molar-refractivity contribution in [2.45, 2.75) is 11.4 Å². The molecule has 0 aliphatic rings. The summed E-state index contributed by atoms with van der Waals surface area (Å²) in [6.45, 7) is -0.115. The molecule has 4 aromatic rings. The maximum Gasteiger partial charge on any atom is 0.243 e. The molecule has 0 atom stereocenters. The molecule has 1 N–H and O–H groups in total. The SMILES string of the molecule is O=S(=O)(NCc1cn(-c2ccccc2)nc1-c1ccccc1)c1ccc(F)cc1F. The van der Waals surface area contributed by atoms with E-state index in [0.717, 1.165) is 23.4 Å². The van der Waals surface area contributed by atoms with Gasteiger partial charge in [0, 0.05) is 29.9 Å². The minimum Gasteiger partial charge on any atom is -0.240 e. The van der Waals surface area contributed by atoms with Crippen molar-refractivity contribution in [3.05, 3.63) is 102 Å². The molecule has 0 fully saturated rings. The lowest BCUT2D eigenvalue weighted by Gasteiger charge is -2.08. The molecule has 0 amide bonds. The van der Waals surface area contributed by atoms with E-state index in [0.29, 0.717) is 17.3 Å². The van der Waals surface area contributed by atoms with E-state index in [1.165, 1.54) is 0 Å². The normalized spacial score (nSPS) is 11.5. The van der Waals surface area contributed by atoms with Crippen LogP contribution in [0.5, 0.6) is 0 Å². The lowest BCUT2D eigenvalue weighted by molar-refractivity contribution is 0.543. The summed E-state index contributed by atoms with van der Waals surface area (Å²) < 4.78 is 56.3. The van der Waals surface area contributed by atoms with E-state index in [1.807, 2.05) is 60.7 Å². The Morgan fingerprint density at radius 3 is 2.23 bits per heavy atom. The lowest BCUT2D eigenvalue weighted by atomic mass is 10.1. The second kappa shape index (κ2) is 8.17. The van der Waals surface area contributed by atoms with Gasteiger partial charge >= 0.3 is 0 Å². The van der Waals surface area contributed by atoms with Crippen molar-refractivity contribution in [3.63, 3.8) is 0 Å². The van der Waals surface area contributed by atoms with E-state index >= 15 is 0 Å². The number of hydrogen-bond donors (Lipinski definition) is 1. The molecule has 8 heteroatoms. The number of hydrogen-bond acceptors (Lipinski definition) is 3. The third-order valence-electron chi connectivity index (χ3n) is 4.49. The smallest absolute Gasteiger partial charge is 0.240 e. The summed E-state index contributed by atoms with van der Waals surface area (Å²) in [5.74, 6) is -1.99. The molecule has 0 radical (unpaired) electrons. The number of halogens is 2. The topological polar surface area (TPSA) is 64.0 Å². The average Bonchev–Trinajstić information content (AvgIpc) is 3.18. The molecular weight excluding hydrogens is 408 g/mol. The van der Waals surface area contributed by atoms with Gasteiger partial charge in [0.25, 0.3) is 0 Å². The monoisotopic (exact) mass is 425 g/mol. The number of nitrogens with one attached hydrogen (secondary N) is 1. The first-order chi connectivity index (χ1) is 14.4. The minimum atomic E-state index is -4.19. The fourth-order valence-corrected chi connectivity index (χ4v) is 4.10. The average molecular weight is 425 g/mol. The summed E-state index contributed by atoms with van der Waals surface area (Å²) in [7, 11) is -4.19. The lowest BCUT2D eigenvalue weighted by Crippen LogP contribution is -2.24. The first-order valence-electron chi connectivity index (χ1n) is 9.08. The molecule has 0 bridgehead atoms. The molecule has 1 aromatic heterocycles. The molecule has 0 aliphatic carbocycles. The van der Waals surface area contributed by atoms with Crippen molar-refractivity contribution >= 4 is 10.0 Å². The van der Waals surface area contributed by atoms with Crippen molar-refractivity contribution < 1.29 is 17.2 Å². The molecule has 0 unspecified atom stereocenters. The Labute approximate surface area is 172 Å². The standard InChI is InChI=1S/C22H17F2N3O2S/c23-18-11-12-21(20(24)13-18)30(28,29)25-14-17-15-27(19-9-5-2-6-10-19)26-22(17)16-7-3-1-4-8-16/h1-13,15,25H,14H2. The number of nitrogens with zero attached hydrogens (tertiary/aromatic N) is 2. The van der Waals surface area contributed by atoms with Crippen LogP contribution in [0.2, 0.25) is 0 Å². The van der Waals surface area contributed by atoms with E-state index in [-0.39, 0.29) is 6.54 Å². The molecular formula is C22H17F2N3O2S. The van der Waals surface area contributed by atoms with Crippen LogP contribution in [-0.2, 0) is 16.6 Å². The van der Waals surface area contributed by atoms with Crippen molar-refractivity contribution in [2.24, 2.45) is 0 Å². The van der Waals surface area contributed by atoms with Crippen LogP contribution in [0.3, 0.4) is 0 Å². The predicted octanol–water partition coefficient (Wildman–Crippen LogP) is 4.30. The molecule has 4 rings (SSSR count). The van der Waals surface area contributed by atoms with Crippen LogP contribution in [0.1, 0.15) is 5.56 Å². The van der Waals surface area contributed by atoms with Gasteiger partial charge in [-0.05, 0) is 24.3 Å². The maximum absolute atomic E-state index is 14.0. The summed E-state index contributed by atoms with van der Waals surface area (Å²) in [6, 6.07) is 21.1. The molecule has 0 saturated carbocycles. The first kappa shape index (κ1) is 19.9. The first-order valence-corrected chi connectivity index (χ1v) is 10.6. The van der Waals surface area contributed by atoms with E-state index < -0.39 is 26.6 Å². The van der Waals surface area contributed by atoms with Crippen LogP contribution in [-0.4, -0.2) is 18.2 Å². The van der Waals surface area contributed by atoms with E-state index in [9.17, 15) is 17.2 Å². The van der Waals surface area contributed by atoms with E-state index in [1.54, 1.807) is 10.9 Å². The van der Waals surface area contributed by atoms with Crippen molar-refractivity contribution in [3.8, 4) is 16.9 Å².